The number of anilines is 3. The highest BCUT2D eigenvalue weighted by atomic mass is 32.2. The fraction of sp³-hybridized carbons (Fsp3) is 0.179. The van der Waals surface area contributed by atoms with Gasteiger partial charge in [-0.1, -0.05) is 30.0 Å². The highest BCUT2D eigenvalue weighted by molar-refractivity contribution is 8.27. The van der Waals surface area contributed by atoms with Crippen molar-refractivity contribution in [2.45, 2.75) is 0 Å². The van der Waals surface area contributed by atoms with Crippen LogP contribution in [0.4, 0.5) is 17.1 Å². The lowest BCUT2D eigenvalue weighted by atomic mass is 10.1. The summed E-state index contributed by atoms with van der Waals surface area (Å²) in [5.41, 5.74) is 3.12. The van der Waals surface area contributed by atoms with Crippen LogP contribution in [0.1, 0.15) is 5.56 Å². The average Bonchev–Trinajstić information content (AvgIpc) is 3.20. The highest BCUT2D eigenvalue weighted by Crippen LogP contribution is 2.37. The van der Waals surface area contributed by atoms with Crippen LogP contribution in [0.25, 0.3) is 6.08 Å². The van der Waals surface area contributed by atoms with Crippen molar-refractivity contribution in [3.05, 3.63) is 77.2 Å². The predicted octanol–water partition coefficient (Wildman–Crippen LogP) is 5.19. The van der Waals surface area contributed by atoms with E-state index in [0.29, 0.717) is 32.2 Å². The van der Waals surface area contributed by atoms with Gasteiger partial charge in [0.2, 0.25) is 0 Å². The molecule has 1 aliphatic rings. The van der Waals surface area contributed by atoms with Crippen molar-refractivity contribution in [2.75, 3.05) is 50.0 Å². The quantitative estimate of drug-likeness (QED) is 0.289. The van der Waals surface area contributed by atoms with E-state index < -0.39 is 0 Å². The standard InChI is InChI=1S/C28H27N3O5S2/c1-30(2)20-8-10-21(11-9-20)31-27(33)25(38-28(31)37)16-18-5-14-23(24(15-18)35-4)36-17-26(32)29-19-6-12-22(34-3)13-7-19/h5-16H,17H2,1-4H3,(H,29,32)/b25-16-. The second-order valence-corrected chi connectivity index (χ2v) is 10.1. The molecule has 10 heteroatoms. The van der Waals surface area contributed by atoms with Crippen molar-refractivity contribution < 1.29 is 23.8 Å². The maximum absolute atomic E-state index is 13.2. The molecule has 1 saturated heterocycles. The van der Waals surface area contributed by atoms with Gasteiger partial charge in [-0.25, -0.2) is 0 Å². The molecule has 3 aromatic rings. The summed E-state index contributed by atoms with van der Waals surface area (Å²) in [5.74, 6) is 1.04. The molecule has 0 atom stereocenters. The predicted molar refractivity (Wildman–Crippen MR) is 157 cm³/mol. The Morgan fingerprint density at radius 2 is 1.71 bits per heavy atom. The van der Waals surface area contributed by atoms with Crippen LogP contribution >= 0.6 is 24.0 Å². The van der Waals surface area contributed by atoms with Crippen LogP contribution in [0.15, 0.2) is 71.6 Å². The van der Waals surface area contributed by atoms with Crippen molar-refractivity contribution in [1.82, 2.24) is 0 Å². The first-order valence-corrected chi connectivity index (χ1v) is 12.8. The lowest BCUT2D eigenvalue weighted by molar-refractivity contribution is -0.118. The van der Waals surface area contributed by atoms with E-state index in [2.05, 4.69) is 5.32 Å². The van der Waals surface area contributed by atoms with Crippen molar-refractivity contribution in [2.24, 2.45) is 0 Å². The largest absolute Gasteiger partial charge is 0.497 e. The van der Waals surface area contributed by atoms with Gasteiger partial charge in [0, 0.05) is 25.5 Å². The molecule has 1 N–H and O–H groups in total. The number of carbonyl (C=O) groups excluding carboxylic acids is 2. The van der Waals surface area contributed by atoms with Crippen molar-refractivity contribution in [3.8, 4) is 17.2 Å². The van der Waals surface area contributed by atoms with E-state index >= 15 is 0 Å². The van der Waals surface area contributed by atoms with Gasteiger partial charge in [0.05, 0.1) is 24.8 Å². The zero-order valence-electron chi connectivity index (χ0n) is 21.4. The minimum absolute atomic E-state index is 0.188. The van der Waals surface area contributed by atoms with Crippen LogP contribution in [0.3, 0.4) is 0 Å². The number of carbonyl (C=O) groups is 2. The number of rotatable bonds is 9. The summed E-state index contributed by atoms with van der Waals surface area (Å²) in [5, 5.41) is 2.77. The zero-order chi connectivity index (χ0) is 27.2. The first-order valence-electron chi connectivity index (χ1n) is 11.6. The minimum Gasteiger partial charge on any atom is -0.497 e. The fourth-order valence-electron chi connectivity index (χ4n) is 3.65. The SMILES string of the molecule is COc1ccc(NC(=O)COc2ccc(/C=C3\SC(=S)N(c4ccc(N(C)C)cc4)C3=O)cc2OC)cc1. The summed E-state index contributed by atoms with van der Waals surface area (Å²) in [6, 6.07) is 19.9. The number of thiocarbonyl (C=S) groups is 1. The van der Waals surface area contributed by atoms with Crippen LogP contribution in [0.2, 0.25) is 0 Å². The van der Waals surface area contributed by atoms with Crippen LogP contribution in [-0.4, -0.2) is 51.1 Å². The molecule has 0 aromatic heterocycles. The summed E-state index contributed by atoms with van der Waals surface area (Å²) in [7, 11) is 7.01. The van der Waals surface area contributed by atoms with E-state index in [9.17, 15) is 9.59 Å². The zero-order valence-corrected chi connectivity index (χ0v) is 23.0. The summed E-state index contributed by atoms with van der Waals surface area (Å²) in [4.78, 5) is 29.5. The maximum atomic E-state index is 13.2. The first-order chi connectivity index (χ1) is 18.3. The van der Waals surface area contributed by atoms with E-state index in [1.54, 1.807) is 55.7 Å². The number of hydrogen-bond donors (Lipinski definition) is 1. The van der Waals surface area contributed by atoms with Crippen molar-refractivity contribution in [1.29, 1.82) is 0 Å². The molecule has 38 heavy (non-hydrogen) atoms. The van der Waals surface area contributed by atoms with Crippen LogP contribution in [0.5, 0.6) is 17.2 Å². The topological polar surface area (TPSA) is 80.3 Å². The number of hydrogen-bond acceptors (Lipinski definition) is 8. The number of benzene rings is 3. The number of nitrogens with zero attached hydrogens (tertiary/aromatic N) is 2. The van der Waals surface area contributed by atoms with E-state index in [1.807, 2.05) is 43.3 Å². The molecule has 0 unspecified atom stereocenters. The lowest BCUT2D eigenvalue weighted by Gasteiger charge is -2.17. The molecule has 0 saturated carbocycles. The molecule has 196 valence electrons. The third kappa shape index (κ3) is 6.27. The lowest BCUT2D eigenvalue weighted by Crippen LogP contribution is -2.27. The van der Waals surface area contributed by atoms with Crippen molar-refractivity contribution >= 4 is 63.3 Å². The smallest absolute Gasteiger partial charge is 0.270 e. The monoisotopic (exact) mass is 549 g/mol. The van der Waals surface area contributed by atoms with Gasteiger partial charge < -0.3 is 24.4 Å². The van der Waals surface area contributed by atoms with E-state index in [-0.39, 0.29) is 18.4 Å². The summed E-state index contributed by atoms with van der Waals surface area (Å²) < 4.78 is 16.7. The summed E-state index contributed by atoms with van der Waals surface area (Å²) in [6.45, 7) is -0.201. The molecule has 1 aliphatic heterocycles. The number of nitrogens with one attached hydrogen (secondary N) is 1. The second kappa shape index (κ2) is 12.0. The Balaban J connectivity index is 1.42. The molecule has 0 aliphatic carbocycles. The number of methoxy groups -OCH3 is 2. The van der Waals surface area contributed by atoms with Gasteiger partial charge in [0.25, 0.3) is 11.8 Å². The third-order valence-corrected chi connectivity index (χ3v) is 6.94. The molecule has 2 amide bonds. The molecule has 3 aromatic carbocycles. The van der Waals surface area contributed by atoms with Crippen LogP contribution in [-0.2, 0) is 9.59 Å². The van der Waals surface area contributed by atoms with Gasteiger partial charge in [0.15, 0.2) is 22.4 Å². The molecule has 0 radical (unpaired) electrons. The number of amides is 2. The molecule has 1 fully saturated rings. The Labute approximate surface area is 231 Å². The van der Waals surface area contributed by atoms with E-state index in [1.165, 1.54) is 23.8 Å². The Morgan fingerprint density at radius 3 is 2.34 bits per heavy atom. The Hall–Kier alpha value is -4.02. The normalized spacial score (nSPS) is 14.0. The molecule has 0 bridgehead atoms. The molecule has 1 heterocycles. The summed E-state index contributed by atoms with van der Waals surface area (Å²) >= 11 is 6.74. The number of ether oxygens (including phenoxy) is 3. The van der Waals surface area contributed by atoms with Crippen molar-refractivity contribution in [3.63, 3.8) is 0 Å². The van der Waals surface area contributed by atoms with Crippen LogP contribution in [0, 0.1) is 0 Å². The first kappa shape index (κ1) is 27.0. The number of thioether (sulfide) groups is 1. The Kier molecular flexibility index (Phi) is 8.55. The molecular formula is C28H27N3O5S2. The van der Waals surface area contributed by atoms with E-state index in [0.717, 1.165) is 16.9 Å². The molecule has 0 spiro atoms. The van der Waals surface area contributed by atoms with Gasteiger partial charge in [-0.15, -0.1) is 0 Å². The molecular weight excluding hydrogens is 522 g/mol. The summed E-state index contributed by atoms with van der Waals surface area (Å²) in [6.07, 6.45) is 1.76. The minimum atomic E-state index is -0.316. The Morgan fingerprint density at radius 1 is 1.00 bits per heavy atom. The van der Waals surface area contributed by atoms with Gasteiger partial charge in [-0.2, -0.15) is 0 Å². The Bertz CT molecular complexity index is 1370. The average molecular weight is 550 g/mol. The highest BCUT2D eigenvalue weighted by Gasteiger charge is 2.33. The second-order valence-electron chi connectivity index (χ2n) is 8.40. The van der Waals surface area contributed by atoms with Gasteiger partial charge in [-0.05, 0) is 72.3 Å². The third-order valence-electron chi connectivity index (χ3n) is 5.64. The van der Waals surface area contributed by atoms with Crippen LogP contribution < -0.4 is 29.3 Å². The van der Waals surface area contributed by atoms with Gasteiger partial charge in [-0.3, -0.25) is 14.5 Å². The molecule has 4 rings (SSSR count). The van der Waals surface area contributed by atoms with Gasteiger partial charge >= 0.3 is 0 Å². The fourth-order valence-corrected chi connectivity index (χ4v) is 4.95. The van der Waals surface area contributed by atoms with Gasteiger partial charge in [0.1, 0.15) is 5.75 Å². The maximum Gasteiger partial charge on any atom is 0.270 e. The van der Waals surface area contributed by atoms with E-state index in [4.69, 9.17) is 26.4 Å². The molecule has 8 nitrogen and oxygen atoms in total.